The van der Waals surface area contributed by atoms with Gasteiger partial charge < -0.3 is 14.4 Å². The number of tetrazole rings is 1. The molecule has 2 atom stereocenters. The highest BCUT2D eigenvalue weighted by Crippen LogP contribution is 2.39. The molecule has 0 radical (unpaired) electrons. The van der Waals surface area contributed by atoms with Gasteiger partial charge >= 0.3 is 0 Å². The lowest BCUT2D eigenvalue weighted by atomic mass is 9.98. The summed E-state index contributed by atoms with van der Waals surface area (Å²) < 4.78 is 13.2. The van der Waals surface area contributed by atoms with Crippen molar-refractivity contribution in [1.29, 1.82) is 0 Å². The summed E-state index contributed by atoms with van der Waals surface area (Å²) in [5.74, 6) is 2.23. The number of carbonyl (C=O) groups is 1. The maximum Gasteiger partial charge on any atom is 0.246 e. The smallest absolute Gasteiger partial charge is 0.246 e. The van der Waals surface area contributed by atoms with Gasteiger partial charge in [-0.15, -0.1) is 5.10 Å². The van der Waals surface area contributed by atoms with Crippen molar-refractivity contribution < 1.29 is 14.3 Å². The fraction of sp³-hybridized carbons (Fsp3) is 0.545. The molecule has 0 spiro atoms. The number of amides is 1. The van der Waals surface area contributed by atoms with E-state index in [0.29, 0.717) is 12.6 Å². The minimum Gasteiger partial charge on any atom is -0.496 e. The molecule has 9 heteroatoms. The van der Waals surface area contributed by atoms with Crippen LogP contribution in [0.4, 0.5) is 0 Å². The number of rotatable bonds is 8. The van der Waals surface area contributed by atoms with E-state index in [-0.39, 0.29) is 18.0 Å². The van der Waals surface area contributed by atoms with Gasteiger partial charge in [0.05, 0.1) is 26.3 Å². The number of likely N-dealkylation sites (tertiary alicyclic amines) is 1. The number of benzene rings is 1. The number of aryl methyl sites for hydroxylation is 1. The van der Waals surface area contributed by atoms with E-state index in [9.17, 15) is 4.79 Å². The highest BCUT2D eigenvalue weighted by atomic mass is 16.5. The first kappa shape index (κ1) is 21.3. The SMILES string of the molecule is C=CC(=O)N1CCCC(NC(c2cc(OC)c(C)cc2OC)c2nnnn2C2CC2)C1. The highest BCUT2D eigenvalue weighted by Gasteiger charge is 2.35. The summed E-state index contributed by atoms with van der Waals surface area (Å²) in [5, 5.41) is 16.3. The zero-order valence-corrected chi connectivity index (χ0v) is 18.4. The molecule has 2 fully saturated rings. The zero-order valence-electron chi connectivity index (χ0n) is 18.4. The van der Waals surface area contributed by atoms with Crippen molar-refractivity contribution in [2.24, 2.45) is 0 Å². The van der Waals surface area contributed by atoms with Gasteiger partial charge in [0.15, 0.2) is 5.82 Å². The van der Waals surface area contributed by atoms with Gasteiger partial charge in [0, 0.05) is 24.7 Å². The molecule has 166 valence electrons. The Labute approximate surface area is 182 Å². The van der Waals surface area contributed by atoms with Gasteiger partial charge in [0.2, 0.25) is 5.91 Å². The molecule has 2 aliphatic rings. The molecule has 2 unspecified atom stereocenters. The minimum atomic E-state index is -0.302. The van der Waals surface area contributed by atoms with Gasteiger partial charge in [0.25, 0.3) is 0 Å². The van der Waals surface area contributed by atoms with Crippen molar-refractivity contribution in [3.05, 3.63) is 41.7 Å². The third-order valence-electron chi connectivity index (χ3n) is 6.04. The molecule has 1 aliphatic carbocycles. The largest absolute Gasteiger partial charge is 0.496 e. The van der Waals surface area contributed by atoms with E-state index in [0.717, 1.165) is 60.7 Å². The van der Waals surface area contributed by atoms with Gasteiger partial charge in [-0.2, -0.15) is 0 Å². The monoisotopic (exact) mass is 426 g/mol. The highest BCUT2D eigenvalue weighted by molar-refractivity contribution is 5.87. The van der Waals surface area contributed by atoms with E-state index in [1.807, 2.05) is 28.6 Å². The van der Waals surface area contributed by atoms with Crippen LogP contribution in [0.1, 0.15) is 54.7 Å². The number of carbonyl (C=O) groups excluding carboxylic acids is 1. The van der Waals surface area contributed by atoms with Gasteiger partial charge in [-0.1, -0.05) is 6.58 Å². The molecule has 1 amide bonds. The molecule has 1 aromatic carbocycles. The second-order valence-corrected chi connectivity index (χ2v) is 8.20. The summed E-state index contributed by atoms with van der Waals surface area (Å²) >= 11 is 0. The zero-order chi connectivity index (χ0) is 22.0. The van der Waals surface area contributed by atoms with E-state index >= 15 is 0 Å². The second kappa shape index (κ2) is 9.05. The molecule has 1 saturated carbocycles. The van der Waals surface area contributed by atoms with Crippen LogP contribution in [0.3, 0.4) is 0 Å². The summed E-state index contributed by atoms with van der Waals surface area (Å²) in [6.07, 6.45) is 5.40. The van der Waals surface area contributed by atoms with Crippen molar-refractivity contribution in [2.45, 2.75) is 50.7 Å². The number of aromatic nitrogens is 4. The van der Waals surface area contributed by atoms with Crippen molar-refractivity contribution in [3.8, 4) is 11.5 Å². The molecule has 4 rings (SSSR count). The lowest BCUT2D eigenvalue weighted by Gasteiger charge is -2.35. The first-order chi connectivity index (χ1) is 15.0. The summed E-state index contributed by atoms with van der Waals surface area (Å²) in [6.45, 7) is 6.97. The predicted molar refractivity (Wildman–Crippen MR) is 115 cm³/mol. The molecular formula is C22H30N6O3. The van der Waals surface area contributed by atoms with Crippen molar-refractivity contribution in [2.75, 3.05) is 27.3 Å². The summed E-state index contributed by atoms with van der Waals surface area (Å²) in [5.41, 5.74) is 1.90. The van der Waals surface area contributed by atoms with E-state index in [2.05, 4.69) is 27.4 Å². The third-order valence-corrected chi connectivity index (χ3v) is 6.04. The number of hydrogen-bond acceptors (Lipinski definition) is 7. The van der Waals surface area contributed by atoms with E-state index < -0.39 is 0 Å². The Kier molecular flexibility index (Phi) is 6.22. The Morgan fingerprint density at radius 3 is 2.71 bits per heavy atom. The number of ether oxygens (including phenoxy) is 2. The second-order valence-electron chi connectivity index (χ2n) is 8.20. The van der Waals surface area contributed by atoms with Crippen LogP contribution in [0.15, 0.2) is 24.8 Å². The summed E-state index contributed by atoms with van der Waals surface area (Å²) in [7, 11) is 3.33. The number of piperidine rings is 1. The summed E-state index contributed by atoms with van der Waals surface area (Å²) in [6, 6.07) is 4.08. The lowest BCUT2D eigenvalue weighted by Crippen LogP contribution is -2.49. The number of hydrogen-bond donors (Lipinski definition) is 1. The molecule has 0 bridgehead atoms. The fourth-order valence-electron chi connectivity index (χ4n) is 4.25. The standard InChI is InChI=1S/C22H30N6O3/c1-5-20(29)27-10-6-7-15(13-27)23-21(22-24-25-26-28(22)16-8-9-16)17-12-18(30-3)14(2)11-19(17)31-4/h5,11-12,15-16,21,23H,1,6-10,13H2,2-4H3. The van der Waals surface area contributed by atoms with Crippen molar-refractivity contribution in [1.82, 2.24) is 30.4 Å². The topological polar surface area (TPSA) is 94.4 Å². The van der Waals surface area contributed by atoms with Gasteiger partial charge in [0.1, 0.15) is 11.5 Å². The van der Waals surface area contributed by atoms with Crippen LogP contribution in [0.2, 0.25) is 0 Å². The first-order valence-electron chi connectivity index (χ1n) is 10.7. The summed E-state index contributed by atoms with van der Waals surface area (Å²) in [4.78, 5) is 14.0. The number of nitrogens with one attached hydrogen (secondary N) is 1. The Hall–Kier alpha value is -2.94. The maximum atomic E-state index is 12.2. The molecule has 1 aromatic heterocycles. The van der Waals surface area contributed by atoms with Crippen LogP contribution in [0.25, 0.3) is 0 Å². The van der Waals surface area contributed by atoms with Crippen LogP contribution < -0.4 is 14.8 Å². The Bertz CT molecular complexity index is 955. The lowest BCUT2D eigenvalue weighted by molar-refractivity contribution is -0.127. The minimum absolute atomic E-state index is 0.0413. The number of methoxy groups -OCH3 is 2. The molecule has 9 nitrogen and oxygen atoms in total. The van der Waals surface area contributed by atoms with Crippen molar-refractivity contribution in [3.63, 3.8) is 0 Å². The van der Waals surface area contributed by atoms with E-state index in [4.69, 9.17) is 9.47 Å². The quantitative estimate of drug-likeness (QED) is 0.647. The molecule has 1 saturated heterocycles. The molecule has 1 aliphatic heterocycles. The van der Waals surface area contributed by atoms with Gasteiger partial charge in [-0.05, 0) is 66.8 Å². The predicted octanol–water partition coefficient (Wildman–Crippen LogP) is 2.19. The molecule has 31 heavy (non-hydrogen) atoms. The first-order valence-corrected chi connectivity index (χ1v) is 10.7. The average Bonchev–Trinajstić information content (AvgIpc) is 3.53. The van der Waals surface area contributed by atoms with Crippen molar-refractivity contribution >= 4 is 5.91 Å². The molecular weight excluding hydrogens is 396 g/mol. The Morgan fingerprint density at radius 2 is 2.03 bits per heavy atom. The average molecular weight is 427 g/mol. The van der Waals surface area contributed by atoms with Crippen LogP contribution in [0, 0.1) is 6.92 Å². The van der Waals surface area contributed by atoms with Gasteiger partial charge in [-0.25, -0.2) is 4.68 Å². The van der Waals surface area contributed by atoms with Crippen LogP contribution in [0.5, 0.6) is 11.5 Å². The van der Waals surface area contributed by atoms with Crippen LogP contribution >= 0.6 is 0 Å². The van der Waals surface area contributed by atoms with Gasteiger partial charge in [-0.3, -0.25) is 10.1 Å². The van der Waals surface area contributed by atoms with Crippen LogP contribution in [-0.4, -0.2) is 64.4 Å². The number of nitrogens with zero attached hydrogens (tertiary/aromatic N) is 5. The van der Waals surface area contributed by atoms with E-state index in [1.54, 1.807) is 14.2 Å². The molecule has 2 heterocycles. The van der Waals surface area contributed by atoms with E-state index in [1.165, 1.54) is 6.08 Å². The normalized spacial score (nSPS) is 19.7. The van der Waals surface area contributed by atoms with Crippen LogP contribution in [-0.2, 0) is 4.79 Å². The Balaban J connectivity index is 1.72. The third kappa shape index (κ3) is 4.41. The Morgan fingerprint density at radius 1 is 1.26 bits per heavy atom. The fourth-order valence-corrected chi connectivity index (χ4v) is 4.25. The maximum absolute atomic E-state index is 12.2. The molecule has 2 aromatic rings. The molecule has 1 N–H and O–H groups in total.